The average Bonchev–Trinajstić information content (AvgIpc) is 2.64. The number of ether oxygens (including phenoxy) is 2. The van der Waals surface area contributed by atoms with E-state index in [0.29, 0.717) is 5.71 Å². The summed E-state index contributed by atoms with van der Waals surface area (Å²) < 4.78 is 10.3. The van der Waals surface area contributed by atoms with E-state index in [4.69, 9.17) is 9.47 Å². The van der Waals surface area contributed by atoms with E-state index in [1.807, 2.05) is 12.1 Å². The van der Waals surface area contributed by atoms with Gasteiger partial charge in [0.15, 0.2) is 6.61 Å². The number of nitro benzene ring substituents is 1. The molecule has 0 aliphatic heterocycles. The second kappa shape index (κ2) is 8.44. The van der Waals surface area contributed by atoms with Gasteiger partial charge in [-0.3, -0.25) is 14.9 Å². The number of nitrogens with one attached hydrogen (secondary N) is 1. The van der Waals surface area contributed by atoms with E-state index in [-0.39, 0.29) is 18.0 Å². The maximum atomic E-state index is 11.8. The summed E-state index contributed by atoms with van der Waals surface area (Å²) in [7, 11) is 1.58. The van der Waals surface area contributed by atoms with Crippen LogP contribution >= 0.6 is 0 Å². The fourth-order valence-corrected chi connectivity index (χ4v) is 1.91. The number of nitro groups is 1. The molecule has 2 rings (SSSR count). The first kappa shape index (κ1) is 17.9. The predicted molar refractivity (Wildman–Crippen MR) is 91.9 cm³/mol. The van der Waals surface area contributed by atoms with Gasteiger partial charge in [0, 0.05) is 6.07 Å². The minimum atomic E-state index is -0.532. The summed E-state index contributed by atoms with van der Waals surface area (Å²) in [6.45, 7) is 1.45. The van der Waals surface area contributed by atoms with Crippen molar-refractivity contribution < 1.29 is 19.2 Å². The van der Waals surface area contributed by atoms with E-state index < -0.39 is 10.8 Å². The van der Waals surface area contributed by atoms with Gasteiger partial charge in [-0.05, 0) is 42.8 Å². The standard InChI is InChI=1S/C17H17N3O5/c1-12(13-6-8-15(24-2)9-7-13)18-19-17(21)11-25-16-5-3-4-14(10-16)20(22)23/h3-10H,11H2,1-2H3,(H,19,21)/b18-12+. The molecule has 0 heterocycles. The molecule has 8 nitrogen and oxygen atoms in total. The lowest BCUT2D eigenvalue weighted by atomic mass is 10.1. The van der Waals surface area contributed by atoms with Crippen molar-refractivity contribution in [3.63, 3.8) is 0 Å². The normalized spacial score (nSPS) is 10.9. The lowest BCUT2D eigenvalue weighted by Crippen LogP contribution is -2.25. The van der Waals surface area contributed by atoms with Gasteiger partial charge < -0.3 is 9.47 Å². The molecule has 0 bridgehead atoms. The Labute approximate surface area is 144 Å². The lowest BCUT2D eigenvalue weighted by Gasteiger charge is -2.06. The Morgan fingerprint density at radius 1 is 1.20 bits per heavy atom. The number of carbonyl (C=O) groups excluding carboxylic acids is 1. The monoisotopic (exact) mass is 343 g/mol. The number of hydrogen-bond acceptors (Lipinski definition) is 6. The molecular weight excluding hydrogens is 326 g/mol. The van der Waals surface area contributed by atoms with Crippen molar-refractivity contribution >= 4 is 17.3 Å². The van der Waals surface area contributed by atoms with Gasteiger partial charge in [0.25, 0.3) is 11.6 Å². The molecule has 8 heteroatoms. The first-order chi connectivity index (χ1) is 12.0. The average molecular weight is 343 g/mol. The number of benzene rings is 2. The van der Waals surface area contributed by atoms with Crippen LogP contribution < -0.4 is 14.9 Å². The highest BCUT2D eigenvalue weighted by Crippen LogP contribution is 2.18. The zero-order chi connectivity index (χ0) is 18.2. The maximum Gasteiger partial charge on any atom is 0.277 e. The number of hydrazone groups is 1. The largest absolute Gasteiger partial charge is 0.497 e. The molecule has 0 fully saturated rings. The Bertz CT molecular complexity index is 787. The van der Waals surface area contributed by atoms with Crippen molar-refractivity contribution in [3.05, 3.63) is 64.2 Å². The fraction of sp³-hybridized carbons (Fsp3) is 0.176. The van der Waals surface area contributed by atoms with Crippen LogP contribution in [0, 0.1) is 10.1 Å². The predicted octanol–water partition coefficient (Wildman–Crippen LogP) is 2.52. The SMILES string of the molecule is COc1ccc(/C(C)=N/NC(=O)COc2cccc([N+](=O)[O-])c2)cc1. The number of hydrogen-bond donors (Lipinski definition) is 1. The maximum absolute atomic E-state index is 11.8. The van der Waals surface area contributed by atoms with Crippen LogP contribution in [0.25, 0.3) is 0 Å². The van der Waals surface area contributed by atoms with E-state index in [0.717, 1.165) is 11.3 Å². The molecule has 0 aliphatic carbocycles. The summed E-state index contributed by atoms with van der Waals surface area (Å²) >= 11 is 0. The summed E-state index contributed by atoms with van der Waals surface area (Å²) in [5.74, 6) is 0.491. The summed E-state index contributed by atoms with van der Waals surface area (Å²) in [5.41, 5.74) is 3.72. The number of carbonyl (C=O) groups is 1. The van der Waals surface area contributed by atoms with Crippen LogP contribution in [0.15, 0.2) is 53.6 Å². The van der Waals surface area contributed by atoms with Gasteiger partial charge in [-0.15, -0.1) is 0 Å². The van der Waals surface area contributed by atoms with Crippen LogP contribution in [0.3, 0.4) is 0 Å². The zero-order valence-corrected chi connectivity index (χ0v) is 13.8. The van der Waals surface area contributed by atoms with Crippen molar-refractivity contribution in [3.8, 4) is 11.5 Å². The quantitative estimate of drug-likeness (QED) is 0.473. The third-order valence-corrected chi connectivity index (χ3v) is 3.25. The highest BCUT2D eigenvalue weighted by atomic mass is 16.6. The number of nitrogens with zero attached hydrogens (tertiary/aromatic N) is 2. The Balaban J connectivity index is 1.89. The van der Waals surface area contributed by atoms with E-state index in [1.165, 1.54) is 24.3 Å². The fourth-order valence-electron chi connectivity index (χ4n) is 1.91. The lowest BCUT2D eigenvalue weighted by molar-refractivity contribution is -0.384. The van der Waals surface area contributed by atoms with Crippen molar-refractivity contribution in [1.29, 1.82) is 0 Å². The molecule has 0 aliphatic rings. The molecular formula is C17H17N3O5. The van der Waals surface area contributed by atoms with Crippen molar-refractivity contribution in [2.75, 3.05) is 13.7 Å². The molecule has 0 aromatic heterocycles. The molecule has 2 aromatic carbocycles. The Morgan fingerprint density at radius 3 is 2.56 bits per heavy atom. The number of methoxy groups -OCH3 is 1. The first-order valence-corrected chi connectivity index (χ1v) is 7.34. The van der Waals surface area contributed by atoms with E-state index in [1.54, 1.807) is 26.2 Å². The number of amides is 1. The van der Waals surface area contributed by atoms with Gasteiger partial charge in [0.05, 0.1) is 23.8 Å². The van der Waals surface area contributed by atoms with Gasteiger partial charge in [0.1, 0.15) is 11.5 Å². The minimum Gasteiger partial charge on any atom is -0.497 e. The van der Waals surface area contributed by atoms with Gasteiger partial charge in [-0.25, -0.2) is 5.43 Å². The Kier molecular flexibility index (Phi) is 6.05. The molecule has 0 saturated heterocycles. The molecule has 25 heavy (non-hydrogen) atoms. The molecule has 0 saturated carbocycles. The van der Waals surface area contributed by atoms with Crippen molar-refractivity contribution in [2.24, 2.45) is 5.10 Å². The number of non-ortho nitro benzene ring substituents is 1. The van der Waals surface area contributed by atoms with Crippen LogP contribution in [0.1, 0.15) is 12.5 Å². The summed E-state index contributed by atoms with van der Waals surface area (Å²) in [6, 6.07) is 12.8. The molecule has 130 valence electrons. The summed E-state index contributed by atoms with van der Waals surface area (Å²) in [4.78, 5) is 21.9. The highest BCUT2D eigenvalue weighted by molar-refractivity contribution is 5.99. The third-order valence-electron chi connectivity index (χ3n) is 3.25. The molecule has 1 N–H and O–H groups in total. The first-order valence-electron chi connectivity index (χ1n) is 7.34. The van der Waals surface area contributed by atoms with Crippen LogP contribution in [-0.4, -0.2) is 30.3 Å². The topological polar surface area (TPSA) is 103 Å². The van der Waals surface area contributed by atoms with Crippen LogP contribution in [0.5, 0.6) is 11.5 Å². The molecule has 2 aromatic rings. The minimum absolute atomic E-state index is 0.105. The summed E-state index contributed by atoms with van der Waals surface area (Å²) in [6.07, 6.45) is 0. The van der Waals surface area contributed by atoms with Crippen molar-refractivity contribution in [2.45, 2.75) is 6.92 Å². The molecule has 0 atom stereocenters. The van der Waals surface area contributed by atoms with Gasteiger partial charge in [0.2, 0.25) is 0 Å². The molecule has 0 spiro atoms. The highest BCUT2D eigenvalue weighted by Gasteiger charge is 2.08. The van der Waals surface area contributed by atoms with Gasteiger partial charge in [-0.2, -0.15) is 5.10 Å². The van der Waals surface area contributed by atoms with Crippen LogP contribution in [0.2, 0.25) is 0 Å². The molecule has 0 unspecified atom stereocenters. The van der Waals surface area contributed by atoms with Crippen LogP contribution in [0.4, 0.5) is 5.69 Å². The van der Waals surface area contributed by atoms with E-state index in [2.05, 4.69) is 10.5 Å². The summed E-state index contributed by atoms with van der Waals surface area (Å²) in [5, 5.41) is 14.7. The molecule has 1 amide bonds. The molecule has 0 radical (unpaired) electrons. The van der Waals surface area contributed by atoms with Gasteiger partial charge >= 0.3 is 0 Å². The smallest absolute Gasteiger partial charge is 0.277 e. The number of rotatable bonds is 7. The second-order valence-corrected chi connectivity index (χ2v) is 5.00. The van der Waals surface area contributed by atoms with E-state index in [9.17, 15) is 14.9 Å². The third kappa shape index (κ3) is 5.31. The van der Waals surface area contributed by atoms with Gasteiger partial charge in [-0.1, -0.05) is 6.07 Å². The Morgan fingerprint density at radius 2 is 1.92 bits per heavy atom. The van der Waals surface area contributed by atoms with Crippen LogP contribution in [-0.2, 0) is 4.79 Å². The Hall–Kier alpha value is -3.42. The van der Waals surface area contributed by atoms with E-state index >= 15 is 0 Å². The zero-order valence-electron chi connectivity index (χ0n) is 13.8. The van der Waals surface area contributed by atoms with Crippen molar-refractivity contribution in [1.82, 2.24) is 5.43 Å². The second-order valence-electron chi connectivity index (χ2n) is 5.00.